The van der Waals surface area contributed by atoms with Crippen LogP contribution in [0.1, 0.15) is 38.2 Å². The number of methoxy groups -OCH3 is 1. The Morgan fingerprint density at radius 1 is 1.39 bits per heavy atom. The van der Waals surface area contributed by atoms with E-state index in [0.717, 1.165) is 28.4 Å². The first-order valence-corrected chi connectivity index (χ1v) is 7.78. The van der Waals surface area contributed by atoms with Crippen molar-refractivity contribution in [2.75, 3.05) is 12.8 Å². The summed E-state index contributed by atoms with van der Waals surface area (Å²) in [7, 11) is 1.66. The smallest absolute Gasteiger partial charge is 0.141 e. The standard InChI is InChI=1S/C15H23NOS/c1-11-4-3-5-13(8-11)18-10-12-6-7-15(17-2)14(16)9-12/h6-7,9,11,13H,3-5,8,10,16H2,1-2H3. The summed E-state index contributed by atoms with van der Waals surface area (Å²) in [5.41, 5.74) is 7.97. The molecule has 0 amide bonds. The van der Waals surface area contributed by atoms with E-state index in [4.69, 9.17) is 10.5 Å². The van der Waals surface area contributed by atoms with Gasteiger partial charge in [0.05, 0.1) is 12.8 Å². The zero-order valence-electron chi connectivity index (χ0n) is 11.3. The predicted octanol–water partition coefficient (Wildman–Crippen LogP) is 4.09. The molecule has 1 aliphatic carbocycles. The van der Waals surface area contributed by atoms with Crippen molar-refractivity contribution in [3.05, 3.63) is 23.8 Å². The van der Waals surface area contributed by atoms with E-state index >= 15 is 0 Å². The Bertz CT molecular complexity index is 394. The van der Waals surface area contributed by atoms with Crippen LogP contribution < -0.4 is 10.5 Å². The summed E-state index contributed by atoms with van der Waals surface area (Å²) >= 11 is 2.08. The molecule has 0 heterocycles. The van der Waals surface area contributed by atoms with Crippen LogP contribution in [0.3, 0.4) is 0 Å². The summed E-state index contributed by atoms with van der Waals surface area (Å²) in [5, 5.41) is 0.831. The largest absolute Gasteiger partial charge is 0.495 e. The van der Waals surface area contributed by atoms with Crippen LogP contribution in [0.25, 0.3) is 0 Å². The molecule has 3 heteroatoms. The van der Waals surface area contributed by atoms with Gasteiger partial charge in [0.25, 0.3) is 0 Å². The van der Waals surface area contributed by atoms with Gasteiger partial charge in [0.15, 0.2) is 0 Å². The monoisotopic (exact) mass is 265 g/mol. The van der Waals surface area contributed by atoms with Gasteiger partial charge in [0, 0.05) is 11.0 Å². The molecule has 0 aromatic heterocycles. The molecular formula is C15H23NOS. The average Bonchev–Trinajstić information content (AvgIpc) is 2.37. The molecule has 2 nitrogen and oxygen atoms in total. The van der Waals surface area contributed by atoms with Gasteiger partial charge in [-0.3, -0.25) is 0 Å². The minimum absolute atomic E-state index is 0.743. The number of hydrogen-bond donors (Lipinski definition) is 1. The summed E-state index contributed by atoms with van der Waals surface area (Å²) in [6.07, 6.45) is 5.55. The summed E-state index contributed by atoms with van der Waals surface area (Å²) < 4.78 is 5.18. The number of benzene rings is 1. The van der Waals surface area contributed by atoms with Gasteiger partial charge in [0.1, 0.15) is 5.75 Å². The molecule has 2 unspecified atom stereocenters. The molecule has 1 saturated carbocycles. The maximum absolute atomic E-state index is 5.93. The fourth-order valence-corrected chi connectivity index (χ4v) is 4.02. The first-order valence-electron chi connectivity index (χ1n) is 6.73. The van der Waals surface area contributed by atoms with E-state index in [2.05, 4.69) is 24.8 Å². The highest BCUT2D eigenvalue weighted by Crippen LogP contribution is 2.34. The molecule has 0 aliphatic heterocycles. The van der Waals surface area contributed by atoms with E-state index in [1.165, 1.54) is 31.2 Å². The van der Waals surface area contributed by atoms with Gasteiger partial charge >= 0.3 is 0 Å². The first-order chi connectivity index (χ1) is 8.69. The Kier molecular flexibility index (Phi) is 4.81. The van der Waals surface area contributed by atoms with E-state index in [1.54, 1.807) is 7.11 Å². The van der Waals surface area contributed by atoms with Crippen molar-refractivity contribution in [3.63, 3.8) is 0 Å². The summed E-state index contributed by atoms with van der Waals surface area (Å²) in [6, 6.07) is 6.13. The Hall–Kier alpha value is -0.830. The lowest BCUT2D eigenvalue weighted by Crippen LogP contribution is -2.15. The van der Waals surface area contributed by atoms with Gasteiger partial charge in [-0.05, 0) is 36.5 Å². The van der Waals surface area contributed by atoms with Crippen LogP contribution in [0.5, 0.6) is 5.75 Å². The second kappa shape index (κ2) is 6.37. The number of anilines is 1. The lowest BCUT2D eigenvalue weighted by atomic mass is 9.91. The van der Waals surface area contributed by atoms with E-state index < -0.39 is 0 Å². The van der Waals surface area contributed by atoms with Crippen LogP contribution in [0, 0.1) is 5.92 Å². The molecule has 1 aromatic rings. The van der Waals surface area contributed by atoms with Crippen LogP contribution in [-0.2, 0) is 5.75 Å². The van der Waals surface area contributed by atoms with Gasteiger partial charge in [-0.2, -0.15) is 11.8 Å². The number of ether oxygens (including phenoxy) is 1. The normalized spacial score (nSPS) is 23.9. The number of nitrogen functional groups attached to an aromatic ring is 1. The van der Waals surface area contributed by atoms with Crippen molar-refractivity contribution < 1.29 is 4.74 Å². The van der Waals surface area contributed by atoms with Gasteiger partial charge in [-0.25, -0.2) is 0 Å². The zero-order chi connectivity index (χ0) is 13.0. The van der Waals surface area contributed by atoms with Crippen LogP contribution in [0.4, 0.5) is 5.69 Å². The third kappa shape index (κ3) is 3.58. The Balaban J connectivity index is 1.88. The molecule has 0 radical (unpaired) electrons. The molecule has 2 rings (SSSR count). The number of hydrogen-bond acceptors (Lipinski definition) is 3. The van der Waals surface area contributed by atoms with Crippen molar-refractivity contribution in [2.24, 2.45) is 5.92 Å². The third-order valence-corrected chi connectivity index (χ3v) is 5.07. The van der Waals surface area contributed by atoms with E-state index in [1.807, 2.05) is 12.1 Å². The maximum Gasteiger partial charge on any atom is 0.141 e. The SMILES string of the molecule is COc1ccc(CSC2CCCC(C)C2)cc1N. The Morgan fingerprint density at radius 3 is 2.89 bits per heavy atom. The van der Waals surface area contributed by atoms with Crippen molar-refractivity contribution >= 4 is 17.4 Å². The highest BCUT2D eigenvalue weighted by molar-refractivity contribution is 7.99. The van der Waals surface area contributed by atoms with Gasteiger partial charge in [-0.1, -0.05) is 25.8 Å². The van der Waals surface area contributed by atoms with E-state index in [0.29, 0.717) is 0 Å². The van der Waals surface area contributed by atoms with E-state index in [9.17, 15) is 0 Å². The van der Waals surface area contributed by atoms with Crippen molar-refractivity contribution in [2.45, 2.75) is 43.6 Å². The fourth-order valence-electron chi connectivity index (χ4n) is 2.62. The molecule has 0 spiro atoms. The van der Waals surface area contributed by atoms with Crippen molar-refractivity contribution in [3.8, 4) is 5.75 Å². The van der Waals surface area contributed by atoms with Crippen molar-refractivity contribution in [1.82, 2.24) is 0 Å². The van der Waals surface area contributed by atoms with Crippen LogP contribution in [0.15, 0.2) is 18.2 Å². The summed E-state index contributed by atoms with van der Waals surface area (Å²) in [5.74, 6) is 2.73. The molecule has 0 saturated heterocycles. The van der Waals surface area contributed by atoms with Crippen LogP contribution in [-0.4, -0.2) is 12.4 Å². The molecule has 1 aromatic carbocycles. The zero-order valence-corrected chi connectivity index (χ0v) is 12.1. The van der Waals surface area contributed by atoms with Crippen LogP contribution in [0.2, 0.25) is 0 Å². The minimum atomic E-state index is 0.743. The molecule has 2 N–H and O–H groups in total. The maximum atomic E-state index is 5.93. The van der Waals surface area contributed by atoms with Crippen molar-refractivity contribution in [1.29, 1.82) is 0 Å². The van der Waals surface area contributed by atoms with Gasteiger partial charge in [-0.15, -0.1) is 0 Å². The second-order valence-electron chi connectivity index (χ2n) is 5.28. The lowest BCUT2D eigenvalue weighted by molar-refractivity contribution is 0.394. The molecule has 2 atom stereocenters. The number of thioether (sulfide) groups is 1. The van der Waals surface area contributed by atoms with Crippen LogP contribution >= 0.6 is 11.8 Å². The Morgan fingerprint density at radius 2 is 2.22 bits per heavy atom. The second-order valence-corrected chi connectivity index (χ2v) is 6.57. The quantitative estimate of drug-likeness (QED) is 0.833. The first kappa shape index (κ1) is 13.6. The molecule has 1 aliphatic rings. The molecule has 18 heavy (non-hydrogen) atoms. The lowest BCUT2D eigenvalue weighted by Gasteiger charge is -2.26. The molecule has 1 fully saturated rings. The summed E-state index contributed by atoms with van der Waals surface area (Å²) in [4.78, 5) is 0. The van der Waals surface area contributed by atoms with Gasteiger partial charge < -0.3 is 10.5 Å². The molecule has 0 bridgehead atoms. The predicted molar refractivity (Wildman–Crippen MR) is 80.1 cm³/mol. The Labute approximate surface area is 114 Å². The summed E-state index contributed by atoms with van der Waals surface area (Å²) in [6.45, 7) is 2.37. The fraction of sp³-hybridized carbons (Fsp3) is 0.600. The van der Waals surface area contributed by atoms with Gasteiger partial charge in [0.2, 0.25) is 0 Å². The number of rotatable bonds is 4. The molecular weight excluding hydrogens is 242 g/mol. The highest BCUT2D eigenvalue weighted by Gasteiger charge is 2.19. The topological polar surface area (TPSA) is 35.2 Å². The third-order valence-electron chi connectivity index (χ3n) is 3.67. The average molecular weight is 265 g/mol. The molecule has 100 valence electrons. The highest BCUT2D eigenvalue weighted by atomic mass is 32.2. The minimum Gasteiger partial charge on any atom is -0.495 e. The van der Waals surface area contributed by atoms with E-state index in [-0.39, 0.29) is 0 Å². The number of nitrogens with two attached hydrogens (primary N) is 1.